The van der Waals surface area contributed by atoms with Gasteiger partial charge in [0, 0.05) is 18.3 Å². The predicted octanol–water partition coefficient (Wildman–Crippen LogP) is 2.84. The number of nitrogens with one attached hydrogen (secondary N) is 2. The smallest absolute Gasteiger partial charge is 0.239 e. The van der Waals surface area contributed by atoms with Crippen LogP contribution in [0.2, 0.25) is 5.02 Å². The number of carbonyl (C=O) groups excluding carboxylic acids is 1. The number of halogens is 3. The summed E-state index contributed by atoms with van der Waals surface area (Å²) in [6, 6.07) is 2.36. The number of rotatable bonds is 9. The lowest BCUT2D eigenvalue weighted by Gasteiger charge is -2.12. The van der Waals surface area contributed by atoms with Crippen molar-refractivity contribution in [2.75, 3.05) is 17.2 Å². The first-order valence-electron chi connectivity index (χ1n) is 8.81. The number of amides is 1. The Morgan fingerprint density at radius 2 is 2.13 bits per heavy atom. The Labute approximate surface area is 175 Å². The van der Waals surface area contributed by atoms with Crippen LogP contribution in [-0.2, 0) is 17.9 Å². The monoisotopic (exact) mass is 437 g/mol. The third-order valence-corrected chi connectivity index (χ3v) is 4.11. The van der Waals surface area contributed by atoms with Crippen molar-refractivity contribution < 1.29 is 18.3 Å². The molecule has 12 heteroatoms. The number of carbonyl (C=O) groups is 1. The van der Waals surface area contributed by atoms with E-state index in [0.29, 0.717) is 5.69 Å². The van der Waals surface area contributed by atoms with E-state index in [4.69, 9.17) is 22.1 Å². The number of hydrogen-bond donors (Lipinski definition) is 3. The Balaban J connectivity index is 1.74. The van der Waals surface area contributed by atoms with E-state index in [2.05, 4.69) is 25.7 Å². The third-order valence-electron chi connectivity index (χ3n) is 3.83. The number of hydrogen-bond acceptors (Lipinski definition) is 7. The minimum absolute atomic E-state index is 0.0418. The van der Waals surface area contributed by atoms with Crippen LogP contribution in [-0.4, -0.2) is 32.3 Å². The van der Waals surface area contributed by atoms with Crippen molar-refractivity contribution in [1.29, 1.82) is 0 Å². The first-order chi connectivity index (χ1) is 14.4. The highest BCUT2D eigenvalue weighted by atomic mass is 35.5. The highest BCUT2D eigenvalue weighted by Crippen LogP contribution is 2.26. The molecule has 0 saturated carbocycles. The van der Waals surface area contributed by atoms with Crippen LogP contribution in [0.25, 0.3) is 0 Å². The molecule has 0 unspecified atom stereocenters. The highest BCUT2D eigenvalue weighted by Gasteiger charge is 2.16. The zero-order valence-corrected chi connectivity index (χ0v) is 16.6. The van der Waals surface area contributed by atoms with E-state index in [9.17, 15) is 13.6 Å². The van der Waals surface area contributed by atoms with Gasteiger partial charge in [-0.3, -0.25) is 9.48 Å². The van der Waals surface area contributed by atoms with Crippen LogP contribution in [0.5, 0.6) is 5.75 Å². The molecular formula is C18H18ClF2N7O2. The SMILES string of the molecule is CCOc1ccc(F)c(CNc2nc(Nc3cnn(CC(N)=O)c3)ncc2Cl)c1F. The van der Waals surface area contributed by atoms with Crippen molar-refractivity contribution in [3.8, 4) is 5.75 Å². The van der Waals surface area contributed by atoms with Gasteiger partial charge in [0.15, 0.2) is 17.4 Å². The van der Waals surface area contributed by atoms with Gasteiger partial charge < -0.3 is 21.1 Å². The fraction of sp³-hybridized carbons (Fsp3) is 0.222. The molecule has 0 atom stereocenters. The summed E-state index contributed by atoms with van der Waals surface area (Å²) in [5.41, 5.74) is 5.42. The summed E-state index contributed by atoms with van der Waals surface area (Å²) in [5, 5.41) is 9.82. The second kappa shape index (κ2) is 9.35. The van der Waals surface area contributed by atoms with Crippen molar-refractivity contribution >= 4 is 35.0 Å². The van der Waals surface area contributed by atoms with Crippen molar-refractivity contribution in [3.05, 3.63) is 52.9 Å². The lowest BCUT2D eigenvalue weighted by atomic mass is 10.2. The van der Waals surface area contributed by atoms with Crippen molar-refractivity contribution in [2.45, 2.75) is 20.0 Å². The minimum Gasteiger partial charge on any atom is -0.491 e. The van der Waals surface area contributed by atoms with Gasteiger partial charge in [-0.05, 0) is 19.1 Å². The molecule has 0 aliphatic carbocycles. The molecule has 30 heavy (non-hydrogen) atoms. The molecule has 0 fully saturated rings. The Kier molecular flexibility index (Phi) is 6.62. The molecule has 0 spiro atoms. The molecule has 0 bridgehead atoms. The molecule has 0 radical (unpaired) electrons. The van der Waals surface area contributed by atoms with Gasteiger partial charge >= 0.3 is 0 Å². The molecule has 0 aliphatic heterocycles. The molecule has 2 aromatic heterocycles. The summed E-state index contributed by atoms with van der Waals surface area (Å²) in [4.78, 5) is 19.2. The Morgan fingerprint density at radius 3 is 2.87 bits per heavy atom. The van der Waals surface area contributed by atoms with Crippen LogP contribution >= 0.6 is 11.6 Å². The number of primary amides is 1. The zero-order chi connectivity index (χ0) is 21.7. The van der Waals surface area contributed by atoms with Gasteiger partial charge in [-0.15, -0.1) is 0 Å². The second-order valence-corrected chi connectivity index (χ2v) is 6.44. The Bertz CT molecular complexity index is 1060. The number of aromatic nitrogens is 4. The molecule has 2 heterocycles. The standard InChI is InChI=1S/C18H18ClF2N7O2/c1-2-30-14-4-3-13(20)11(16(14)21)6-23-17-12(19)7-24-18(27-17)26-10-5-25-28(8-10)9-15(22)29/h3-5,7-8H,2,6,9H2,1H3,(H2,22,29)(H2,23,24,26,27). The van der Waals surface area contributed by atoms with Crippen LogP contribution in [0, 0.1) is 11.6 Å². The van der Waals surface area contributed by atoms with Crippen LogP contribution in [0.4, 0.5) is 26.2 Å². The van der Waals surface area contributed by atoms with Gasteiger partial charge in [0.1, 0.15) is 17.4 Å². The first kappa shape index (κ1) is 21.2. The first-order valence-corrected chi connectivity index (χ1v) is 9.19. The molecule has 1 aromatic carbocycles. The zero-order valence-electron chi connectivity index (χ0n) is 15.8. The number of ether oxygens (including phenoxy) is 1. The fourth-order valence-corrected chi connectivity index (χ4v) is 2.69. The van der Waals surface area contributed by atoms with E-state index in [1.165, 1.54) is 23.1 Å². The largest absolute Gasteiger partial charge is 0.491 e. The number of nitrogens with zero attached hydrogens (tertiary/aromatic N) is 4. The van der Waals surface area contributed by atoms with Crippen molar-refractivity contribution in [1.82, 2.24) is 19.7 Å². The maximum atomic E-state index is 14.5. The molecule has 0 saturated heterocycles. The maximum Gasteiger partial charge on any atom is 0.239 e. The highest BCUT2D eigenvalue weighted by molar-refractivity contribution is 6.32. The van der Waals surface area contributed by atoms with E-state index >= 15 is 0 Å². The van der Waals surface area contributed by atoms with Gasteiger partial charge in [0.2, 0.25) is 11.9 Å². The average molecular weight is 438 g/mol. The normalized spacial score (nSPS) is 10.7. The van der Waals surface area contributed by atoms with Gasteiger partial charge in [0.25, 0.3) is 0 Å². The summed E-state index contributed by atoms with van der Waals surface area (Å²) < 4.78 is 35.0. The molecule has 9 nitrogen and oxygen atoms in total. The van der Waals surface area contributed by atoms with Crippen molar-refractivity contribution in [2.24, 2.45) is 5.73 Å². The third kappa shape index (κ3) is 5.11. The molecule has 3 aromatic rings. The molecular weight excluding hydrogens is 420 g/mol. The lowest BCUT2D eigenvalue weighted by Crippen LogP contribution is -2.18. The second-order valence-electron chi connectivity index (χ2n) is 6.03. The maximum absolute atomic E-state index is 14.5. The van der Waals surface area contributed by atoms with E-state index in [1.54, 1.807) is 13.1 Å². The summed E-state index contributed by atoms with van der Waals surface area (Å²) in [5.74, 6) is -1.78. The predicted molar refractivity (Wildman–Crippen MR) is 107 cm³/mol. The lowest BCUT2D eigenvalue weighted by molar-refractivity contribution is -0.118. The quantitative estimate of drug-likeness (QED) is 0.470. The molecule has 0 aliphatic rings. The Hall–Kier alpha value is -3.47. The topological polar surface area (TPSA) is 120 Å². The van der Waals surface area contributed by atoms with Gasteiger partial charge in [-0.1, -0.05) is 11.6 Å². The van der Waals surface area contributed by atoms with E-state index in [0.717, 1.165) is 6.07 Å². The number of benzene rings is 1. The molecule has 4 N–H and O–H groups in total. The van der Waals surface area contributed by atoms with Crippen LogP contribution < -0.4 is 21.1 Å². The van der Waals surface area contributed by atoms with Crippen LogP contribution in [0.15, 0.2) is 30.7 Å². The van der Waals surface area contributed by atoms with Gasteiger partial charge in [-0.25, -0.2) is 13.8 Å². The molecule has 3 rings (SSSR count). The number of anilines is 3. The number of nitrogens with two attached hydrogens (primary N) is 1. The van der Waals surface area contributed by atoms with E-state index in [1.807, 2.05) is 0 Å². The van der Waals surface area contributed by atoms with Gasteiger partial charge in [0.05, 0.1) is 24.7 Å². The van der Waals surface area contributed by atoms with Crippen molar-refractivity contribution in [3.63, 3.8) is 0 Å². The summed E-state index contributed by atoms with van der Waals surface area (Å²) >= 11 is 6.09. The summed E-state index contributed by atoms with van der Waals surface area (Å²) in [6.07, 6.45) is 4.33. The van der Waals surface area contributed by atoms with E-state index in [-0.39, 0.29) is 47.8 Å². The average Bonchev–Trinajstić information content (AvgIpc) is 3.12. The summed E-state index contributed by atoms with van der Waals surface area (Å²) in [7, 11) is 0. The minimum atomic E-state index is -0.797. The van der Waals surface area contributed by atoms with Gasteiger partial charge in [-0.2, -0.15) is 10.1 Å². The fourth-order valence-electron chi connectivity index (χ4n) is 2.53. The summed E-state index contributed by atoms with van der Waals surface area (Å²) in [6.45, 7) is 1.66. The molecule has 158 valence electrons. The van der Waals surface area contributed by atoms with E-state index < -0.39 is 17.5 Å². The molecule has 1 amide bonds. The van der Waals surface area contributed by atoms with Crippen LogP contribution in [0.3, 0.4) is 0 Å². The van der Waals surface area contributed by atoms with Crippen LogP contribution in [0.1, 0.15) is 12.5 Å². The Morgan fingerprint density at radius 1 is 1.33 bits per heavy atom.